The zero-order valence-corrected chi connectivity index (χ0v) is 25.3. The van der Waals surface area contributed by atoms with Gasteiger partial charge in [-0.3, -0.25) is 4.79 Å². The van der Waals surface area contributed by atoms with E-state index in [0.29, 0.717) is 37.2 Å². The highest BCUT2D eigenvalue weighted by molar-refractivity contribution is 5.98. The number of nitrogens with zero attached hydrogens (tertiary/aromatic N) is 5. The molecule has 3 aromatic rings. The normalized spacial score (nSPS) is 18.2. The van der Waals surface area contributed by atoms with Crippen molar-refractivity contribution in [2.24, 2.45) is 0 Å². The van der Waals surface area contributed by atoms with E-state index in [-0.39, 0.29) is 24.9 Å². The molecule has 0 radical (unpaired) electrons. The summed E-state index contributed by atoms with van der Waals surface area (Å²) < 4.78 is 54.2. The Morgan fingerprint density at radius 3 is 2.48 bits per heavy atom. The van der Waals surface area contributed by atoms with E-state index in [4.69, 9.17) is 9.47 Å². The number of aromatic nitrogens is 3. The van der Waals surface area contributed by atoms with Crippen LogP contribution in [0.4, 0.5) is 30.6 Å². The fourth-order valence-corrected chi connectivity index (χ4v) is 6.47. The van der Waals surface area contributed by atoms with Gasteiger partial charge < -0.3 is 29.7 Å². The van der Waals surface area contributed by atoms with Gasteiger partial charge in [0, 0.05) is 56.6 Å². The molecule has 2 aliphatic heterocycles. The van der Waals surface area contributed by atoms with Crippen LogP contribution < -0.4 is 24.6 Å². The van der Waals surface area contributed by atoms with Crippen LogP contribution in [0.15, 0.2) is 42.7 Å². The molecule has 4 heterocycles. The van der Waals surface area contributed by atoms with Gasteiger partial charge in [-0.2, -0.15) is 13.2 Å². The van der Waals surface area contributed by atoms with Crippen LogP contribution in [0, 0.1) is 0 Å². The van der Waals surface area contributed by atoms with E-state index >= 15 is 0 Å². The average Bonchev–Trinajstić information content (AvgIpc) is 3.48. The van der Waals surface area contributed by atoms with Crippen LogP contribution in [-0.4, -0.2) is 70.3 Å². The van der Waals surface area contributed by atoms with Crippen LogP contribution in [0.3, 0.4) is 0 Å². The number of hydrogen-bond acceptors (Lipinski definition) is 9. The number of carboxylic acids is 1. The Bertz CT molecular complexity index is 1610. The second-order valence-corrected chi connectivity index (χ2v) is 11.9. The molecular weight excluding hydrogens is 605 g/mol. The van der Waals surface area contributed by atoms with Crippen molar-refractivity contribution in [2.45, 2.75) is 69.2 Å². The molecule has 3 aliphatic rings. The Morgan fingerprint density at radius 1 is 1.02 bits per heavy atom. The Labute approximate surface area is 263 Å². The maximum absolute atomic E-state index is 14.2. The number of anilines is 3. The van der Waals surface area contributed by atoms with Gasteiger partial charge in [0.05, 0.1) is 12.7 Å². The first kappa shape index (κ1) is 31.4. The van der Waals surface area contributed by atoms with E-state index in [2.05, 4.69) is 25.2 Å². The molecule has 46 heavy (non-hydrogen) atoms. The topological polar surface area (TPSA) is 130 Å². The number of nitrogens with one attached hydrogen (secondary N) is 1. The molecule has 0 unspecified atom stereocenters. The minimum atomic E-state index is -4.97. The molecule has 1 aliphatic carbocycles. The predicted molar refractivity (Wildman–Crippen MR) is 162 cm³/mol. The number of rotatable bonds is 8. The van der Waals surface area contributed by atoms with Gasteiger partial charge in [-0.15, -0.1) is 0 Å². The van der Waals surface area contributed by atoms with Crippen molar-refractivity contribution in [1.82, 2.24) is 20.3 Å². The highest BCUT2D eigenvalue weighted by atomic mass is 19.4. The van der Waals surface area contributed by atoms with Gasteiger partial charge in [0.1, 0.15) is 29.0 Å². The van der Waals surface area contributed by atoms with Crippen LogP contribution >= 0.6 is 0 Å². The van der Waals surface area contributed by atoms with Crippen LogP contribution in [0.1, 0.15) is 66.6 Å². The maximum atomic E-state index is 14.2. The summed E-state index contributed by atoms with van der Waals surface area (Å²) in [4.78, 5) is 41.2. The highest BCUT2D eigenvalue weighted by Gasteiger charge is 2.44. The summed E-state index contributed by atoms with van der Waals surface area (Å²) in [7, 11) is 1.62. The Hall–Kier alpha value is -4.62. The van der Waals surface area contributed by atoms with Crippen molar-refractivity contribution >= 4 is 29.3 Å². The molecule has 1 aromatic carbocycles. The summed E-state index contributed by atoms with van der Waals surface area (Å²) >= 11 is 0. The standard InChI is InChI=1S/C32H35F3N6O5/c1-45-22-7-13-36-26(18-22)40-14-9-21(10-15-40)46-23-5-6-25-20(17-23)8-16-41(25)30-37-19-24(27(38-30)32(33,34)35)28(42)39-31(29(43)44)11-3-2-4-12-31/h5-7,13,17-19,21H,2-4,8-12,14-16H2,1H3,(H,39,42)(H,43,44). The van der Waals surface area contributed by atoms with E-state index < -0.39 is 34.8 Å². The van der Waals surface area contributed by atoms with E-state index in [1.165, 1.54) is 0 Å². The van der Waals surface area contributed by atoms with E-state index in [9.17, 15) is 27.9 Å². The lowest BCUT2D eigenvalue weighted by molar-refractivity contribution is -0.145. The summed E-state index contributed by atoms with van der Waals surface area (Å²) in [5, 5.41) is 12.1. The summed E-state index contributed by atoms with van der Waals surface area (Å²) in [6, 6.07) is 9.18. The number of amides is 1. The molecule has 0 spiro atoms. The van der Waals surface area contributed by atoms with Gasteiger partial charge in [0.15, 0.2) is 5.69 Å². The Balaban J connectivity index is 1.15. The molecule has 0 atom stereocenters. The molecule has 2 fully saturated rings. The molecule has 0 bridgehead atoms. The van der Waals surface area contributed by atoms with Crippen LogP contribution in [0.5, 0.6) is 11.5 Å². The van der Waals surface area contributed by atoms with E-state index in [1.807, 2.05) is 12.1 Å². The number of hydrogen-bond donors (Lipinski definition) is 2. The van der Waals surface area contributed by atoms with Crippen molar-refractivity contribution in [1.29, 1.82) is 0 Å². The zero-order valence-electron chi connectivity index (χ0n) is 25.3. The molecule has 11 nitrogen and oxygen atoms in total. The fraction of sp³-hybridized carbons (Fsp3) is 0.469. The number of carbonyl (C=O) groups excluding carboxylic acids is 1. The third-order valence-corrected chi connectivity index (χ3v) is 8.97. The van der Waals surface area contributed by atoms with E-state index in [0.717, 1.165) is 55.7 Å². The van der Waals surface area contributed by atoms with Gasteiger partial charge >= 0.3 is 12.1 Å². The summed E-state index contributed by atoms with van der Waals surface area (Å²) in [5.41, 5.74) is -2.29. The van der Waals surface area contributed by atoms with Crippen molar-refractivity contribution in [3.8, 4) is 11.5 Å². The number of aliphatic carboxylic acids is 1. The third-order valence-electron chi connectivity index (χ3n) is 8.97. The zero-order chi connectivity index (χ0) is 32.5. The van der Waals surface area contributed by atoms with Gasteiger partial charge in [-0.1, -0.05) is 19.3 Å². The smallest absolute Gasteiger partial charge is 0.434 e. The number of fused-ring (bicyclic) bond motifs is 1. The summed E-state index contributed by atoms with van der Waals surface area (Å²) in [6.07, 6.45) is 1.91. The quantitative estimate of drug-likeness (QED) is 0.341. The number of benzene rings is 1. The van der Waals surface area contributed by atoms with Crippen molar-refractivity contribution in [2.75, 3.05) is 36.5 Å². The van der Waals surface area contributed by atoms with Gasteiger partial charge in [0.2, 0.25) is 5.95 Å². The molecule has 14 heteroatoms. The van der Waals surface area contributed by atoms with Crippen molar-refractivity contribution < 1.29 is 37.3 Å². The largest absolute Gasteiger partial charge is 0.497 e. The maximum Gasteiger partial charge on any atom is 0.434 e. The van der Waals surface area contributed by atoms with Crippen LogP contribution in [0.2, 0.25) is 0 Å². The number of ether oxygens (including phenoxy) is 2. The number of carbonyl (C=O) groups is 2. The number of carboxylic acid groups (broad SMARTS) is 1. The first-order chi connectivity index (χ1) is 22.1. The molecule has 244 valence electrons. The average molecular weight is 641 g/mol. The number of pyridine rings is 1. The highest BCUT2D eigenvalue weighted by Crippen LogP contribution is 2.38. The molecule has 1 amide bonds. The first-order valence-corrected chi connectivity index (χ1v) is 15.4. The first-order valence-electron chi connectivity index (χ1n) is 15.4. The number of methoxy groups -OCH3 is 1. The number of alkyl halides is 3. The third kappa shape index (κ3) is 6.38. The fourth-order valence-electron chi connectivity index (χ4n) is 6.47. The Morgan fingerprint density at radius 2 is 1.78 bits per heavy atom. The molecule has 1 saturated heterocycles. The number of piperidine rings is 1. The molecule has 1 saturated carbocycles. The molecule has 2 aromatic heterocycles. The van der Waals surface area contributed by atoms with Crippen LogP contribution in [0.25, 0.3) is 0 Å². The molecule has 6 rings (SSSR count). The minimum Gasteiger partial charge on any atom is -0.497 e. The lowest BCUT2D eigenvalue weighted by atomic mass is 9.81. The summed E-state index contributed by atoms with van der Waals surface area (Å²) in [5.74, 6) is -0.330. The summed E-state index contributed by atoms with van der Waals surface area (Å²) in [6.45, 7) is 1.89. The van der Waals surface area contributed by atoms with Crippen molar-refractivity contribution in [3.63, 3.8) is 0 Å². The van der Waals surface area contributed by atoms with Gasteiger partial charge in [-0.05, 0) is 49.1 Å². The molecular formula is C32H35F3N6O5. The van der Waals surface area contributed by atoms with Crippen LogP contribution in [-0.2, 0) is 17.4 Å². The minimum absolute atomic E-state index is 0.00246. The second-order valence-electron chi connectivity index (χ2n) is 11.9. The lowest BCUT2D eigenvalue weighted by Gasteiger charge is -2.34. The van der Waals surface area contributed by atoms with E-state index in [1.54, 1.807) is 36.4 Å². The number of halogens is 3. The molecule has 2 N–H and O–H groups in total. The second kappa shape index (κ2) is 12.6. The SMILES string of the molecule is COc1ccnc(N2CCC(Oc3ccc4c(c3)CCN4c3ncc(C(=O)NC4(C(=O)O)CCCCC4)c(C(F)(F)F)n3)CC2)c1. The van der Waals surface area contributed by atoms with Gasteiger partial charge in [-0.25, -0.2) is 19.7 Å². The lowest BCUT2D eigenvalue weighted by Crippen LogP contribution is -2.55. The Kier molecular flexibility index (Phi) is 8.62. The monoisotopic (exact) mass is 640 g/mol. The van der Waals surface area contributed by atoms with Crippen molar-refractivity contribution in [3.05, 3.63) is 59.5 Å². The van der Waals surface area contributed by atoms with Gasteiger partial charge in [0.25, 0.3) is 5.91 Å². The predicted octanol–water partition coefficient (Wildman–Crippen LogP) is 5.16.